The molecule has 4 amide bonds. The van der Waals surface area contributed by atoms with Crippen LogP contribution in [0.5, 0.6) is 11.5 Å². The monoisotopic (exact) mass is 449 g/mol. The summed E-state index contributed by atoms with van der Waals surface area (Å²) >= 11 is 0. The van der Waals surface area contributed by atoms with Crippen LogP contribution in [0.2, 0.25) is 0 Å². The molecule has 1 spiro atoms. The Hall–Kier alpha value is -3.55. The molecule has 1 saturated heterocycles. The molecule has 1 atom stereocenters. The van der Waals surface area contributed by atoms with Crippen molar-refractivity contribution in [1.29, 1.82) is 0 Å². The predicted molar refractivity (Wildman–Crippen MR) is 120 cm³/mol. The molecule has 1 aliphatic carbocycles. The first-order valence-corrected chi connectivity index (χ1v) is 11.2. The van der Waals surface area contributed by atoms with Gasteiger partial charge in [-0.25, -0.2) is 4.79 Å². The van der Waals surface area contributed by atoms with E-state index in [1.54, 1.807) is 0 Å². The number of para-hydroxylation sites is 1. The lowest BCUT2D eigenvalue weighted by Crippen LogP contribution is -2.44. The van der Waals surface area contributed by atoms with Crippen LogP contribution < -0.4 is 20.1 Å². The quantitative estimate of drug-likeness (QED) is 0.521. The lowest BCUT2D eigenvalue weighted by Gasteiger charge is -2.22. The first kappa shape index (κ1) is 21.3. The molecule has 0 aromatic heterocycles. The van der Waals surface area contributed by atoms with Gasteiger partial charge < -0.3 is 20.1 Å². The SMILES string of the molecule is CC1(C)Cc2cccc(OCCNC(=O)CN3C(=O)NC4(CCc5ccccc54)C3=O)c2O1. The number of hydrogen-bond acceptors (Lipinski definition) is 5. The topological polar surface area (TPSA) is 97.0 Å². The van der Waals surface area contributed by atoms with Crippen molar-refractivity contribution in [2.24, 2.45) is 0 Å². The summed E-state index contributed by atoms with van der Waals surface area (Å²) in [6, 6.07) is 12.9. The van der Waals surface area contributed by atoms with E-state index in [4.69, 9.17) is 9.47 Å². The molecule has 1 unspecified atom stereocenters. The fourth-order valence-electron chi connectivity index (χ4n) is 4.99. The third-order valence-corrected chi connectivity index (χ3v) is 6.46. The van der Waals surface area contributed by atoms with Gasteiger partial charge in [-0.3, -0.25) is 14.5 Å². The Morgan fingerprint density at radius 1 is 1.15 bits per heavy atom. The third-order valence-electron chi connectivity index (χ3n) is 6.46. The highest BCUT2D eigenvalue weighted by Gasteiger charge is 2.55. The molecule has 2 aromatic carbocycles. The van der Waals surface area contributed by atoms with E-state index in [-0.39, 0.29) is 31.2 Å². The van der Waals surface area contributed by atoms with Gasteiger partial charge in [-0.1, -0.05) is 36.4 Å². The second kappa shape index (κ2) is 7.79. The standard InChI is InChI=1S/C25H27N3O5/c1-24(2)14-17-7-5-9-19(21(17)33-24)32-13-12-26-20(29)15-28-22(30)25(27-23(28)31)11-10-16-6-3-4-8-18(16)25/h3-9H,10-15H2,1-2H3,(H,26,29)(H,27,31). The van der Waals surface area contributed by atoms with Gasteiger partial charge in [-0.15, -0.1) is 0 Å². The smallest absolute Gasteiger partial charge is 0.325 e. The van der Waals surface area contributed by atoms with Crippen LogP contribution in [0.1, 0.15) is 37.0 Å². The van der Waals surface area contributed by atoms with Crippen LogP contribution in [0, 0.1) is 0 Å². The third kappa shape index (κ3) is 3.69. The molecule has 2 heterocycles. The Bertz CT molecular complexity index is 1140. The number of nitrogens with one attached hydrogen (secondary N) is 2. The Labute approximate surface area is 192 Å². The molecule has 2 aromatic rings. The van der Waals surface area contributed by atoms with Crippen molar-refractivity contribution >= 4 is 17.8 Å². The van der Waals surface area contributed by atoms with Crippen LogP contribution in [-0.4, -0.2) is 48.0 Å². The number of rotatable bonds is 6. The van der Waals surface area contributed by atoms with E-state index in [2.05, 4.69) is 10.6 Å². The van der Waals surface area contributed by atoms with E-state index in [1.165, 1.54) is 0 Å². The molecule has 172 valence electrons. The maximum atomic E-state index is 13.1. The molecule has 0 bridgehead atoms. The molecule has 2 N–H and O–H groups in total. The Morgan fingerprint density at radius 3 is 2.79 bits per heavy atom. The summed E-state index contributed by atoms with van der Waals surface area (Å²) in [5.41, 5.74) is 1.64. The molecule has 2 aliphatic heterocycles. The number of hydrogen-bond donors (Lipinski definition) is 2. The molecule has 1 fully saturated rings. The number of fused-ring (bicyclic) bond motifs is 3. The number of amides is 4. The van der Waals surface area contributed by atoms with E-state index in [0.717, 1.165) is 33.8 Å². The summed E-state index contributed by atoms with van der Waals surface area (Å²) in [6.07, 6.45) is 2.03. The molecule has 0 radical (unpaired) electrons. The van der Waals surface area contributed by atoms with Gasteiger partial charge in [0, 0.05) is 12.0 Å². The number of urea groups is 1. The average molecular weight is 450 g/mol. The molecule has 5 rings (SSSR count). The van der Waals surface area contributed by atoms with Gasteiger partial charge in [0.15, 0.2) is 11.5 Å². The number of carbonyl (C=O) groups excluding carboxylic acids is 3. The van der Waals surface area contributed by atoms with Crippen LogP contribution >= 0.6 is 0 Å². The van der Waals surface area contributed by atoms with Gasteiger partial charge in [-0.2, -0.15) is 0 Å². The highest BCUT2D eigenvalue weighted by atomic mass is 16.5. The van der Waals surface area contributed by atoms with E-state index in [9.17, 15) is 14.4 Å². The summed E-state index contributed by atoms with van der Waals surface area (Å²) < 4.78 is 11.8. The number of nitrogens with zero attached hydrogens (tertiary/aromatic N) is 1. The number of ether oxygens (including phenoxy) is 2. The maximum Gasteiger partial charge on any atom is 0.325 e. The first-order valence-electron chi connectivity index (χ1n) is 11.2. The van der Waals surface area contributed by atoms with Crippen LogP contribution in [-0.2, 0) is 28.0 Å². The van der Waals surface area contributed by atoms with E-state index >= 15 is 0 Å². The normalized spacial score (nSPS) is 22.1. The van der Waals surface area contributed by atoms with Crippen molar-refractivity contribution in [3.63, 3.8) is 0 Å². The van der Waals surface area contributed by atoms with Gasteiger partial charge >= 0.3 is 6.03 Å². The number of aryl methyl sites for hydroxylation is 1. The number of carbonyl (C=O) groups is 3. The van der Waals surface area contributed by atoms with Crippen LogP contribution in [0.15, 0.2) is 42.5 Å². The largest absolute Gasteiger partial charge is 0.488 e. The van der Waals surface area contributed by atoms with E-state index < -0.39 is 17.5 Å². The van der Waals surface area contributed by atoms with Crippen LogP contribution in [0.25, 0.3) is 0 Å². The molecule has 33 heavy (non-hydrogen) atoms. The second-order valence-corrected chi connectivity index (χ2v) is 9.37. The van der Waals surface area contributed by atoms with Crippen molar-refractivity contribution in [2.75, 3.05) is 19.7 Å². The fraction of sp³-hybridized carbons (Fsp3) is 0.400. The van der Waals surface area contributed by atoms with Gasteiger partial charge in [-0.05, 0) is 43.9 Å². The lowest BCUT2D eigenvalue weighted by atomic mass is 9.92. The molecule has 3 aliphatic rings. The summed E-state index contributed by atoms with van der Waals surface area (Å²) in [4.78, 5) is 39.1. The first-order chi connectivity index (χ1) is 15.8. The Morgan fingerprint density at radius 2 is 1.94 bits per heavy atom. The number of imide groups is 1. The fourth-order valence-corrected chi connectivity index (χ4v) is 4.99. The molecule has 8 heteroatoms. The van der Waals surface area contributed by atoms with Crippen LogP contribution in [0.4, 0.5) is 4.79 Å². The van der Waals surface area contributed by atoms with Crippen molar-refractivity contribution < 1.29 is 23.9 Å². The Kier molecular flexibility index (Phi) is 5.03. The van der Waals surface area contributed by atoms with Gasteiger partial charge in [0.1, 0.15) is 24.3 Å². The number of benzene rings is 2. The van der Waals surface area contributed by atoms with E-state index in [1.807, 2.05) is 56.3 Å². The van der Waals surface area contributed by atoms with Crippen molar-refractivity contribution in [3.05, 3.63) is 59.2 Å². The highest BCUT2D eigenvalue weighted by Crippen LogP contribution is 2.42. The van der Waals surface area contributed by atoms with Gasteiger partial charge in [0.2, 0.25) is 5.91 Å². The minimum atomic E-state index is -1.06. The summed E-state index contributed by atoms with van der Waals surface area (Å²) in [5.74, 6) is 0.600. The maximum absolute atomic E-state index is 13.1. The van der Waals surface area contributed by atoms with Crippen LogP contribution in [0.3, 0.4) is 0 Å². The van der Waals surface area contributed by atoms with Crippen molar-refractivity contribution in [3.8, 4) is 11.5 Å². The molecular formula is C25H27N3O5. The zero-order valence-electron chi connectivity index (χ0n) is 18.8. The Balaban J connectivity index is 1.15. The van der Waals surface area contributed by atoms with E-state index in [0.29, 0.717) is 18.6 Å². The molecular weight excluding hydrogens is 422 g/mol. The predicted octanol–water partition coefficient (Wildman–Crippen LogP) is 2.29. The highest BCUT2D eigenvalue weighted by molar-refractivity contribution is 6.09. The molecule has 8 nitrogen and oxygen atoms in total. The van der Waals surface area contributed by atoms with Gasteiger partial charge in [0.05, 0.1) is 6.54 Å². The average Bonchev–Trinajstić information content (AvgIpc) is 3.38. The van der Waals surface area contributed by atoms with Gasteiger partial charge in [0.25, 0.3) is 5.91 Å². The minimum Gasteiger partial charge on any atom is -0.488 e. The summed E-state index contributed by atoms with van der Waals surface area (Å²) in [7, 11) is 0. The minimum absolute atomic E-state index is 0.240. The lowest BCUT2D eigenvalue weighted by molar-refractivity contribution is -0.135. The van der Waals surface area contributed by atoms with Crippen molar-refractivity contribution in [1.82, 2.24) is 15.5 Å². The zero-order valence-corrected chi connectivity index (χ0v) is 18.8. The molecule has 0 saturated carbocycles. The summed E-state index contributed by atoms with van der Waals surface area (Å²) in [5, 5.41) is 5.55. The zero-order chi connectivity index (χ0) is 23.2. The second-order valence-electron chi connectivity index (χ2n) is 9.37. The van der Waals surface area contributed by atoms with Crippen molar-refractivity contribution in [2.45, 2.75) is 44.2 Å². The summed E-state index contributed by atoms with van der Waals surface area (Å²) in [6.45, 7) is 4.21.